The lowest BCUT2D eigenvalue weighted by atomic mass is 10.1. The van der Waals surface area contributed by atoms with E-state index in [1.165, 1.54) is 11.9 Å². The van der Waals surface area contributed by atoms with Crippen molar-refractivity contribution in [2.45, 2.75) is 20.3 Å². The van der Waals surface area contributed by atoms with Crippen LogP contribution in [0.3, 0.4) is 0 Å². The smallest absolute Gasteiger partial charge is 0.341 e. The molecule has 0 saturated heterocycles. The van der Waals surface area contributed by atoms with Crippen molar-refractivity contribution in [3.8, 4) is 0 Å². The number of carbonyl (C=O) groups is 4. The van der Waals surface area contributed by atoms with Gasteiger partial charge in [-0.3, -0.25) is 14.4 Å². The van der Waals surface area contributed by atoms with Crippen LogP contribution >= 0.6 is 11.3 Å². The number of likely N-dealkylation sites (N-methyl/N-ethyl adjacent to an activating group) is 1. The van der Waals surface area contributed by atoms with Gasteiger partial charge in [-0.05, 0) is 31.0 Å². The summed E-state index contributed by atoms with van der Waals surface area (Å²) in [5, 5.41) is 8.51. The molecule has 0 spiro atoms. The molecule has 3 N–H and O–H groups in total. The summed E-state index contributed by atoms with van der Waals surface area (Å²) in [4.78, 5) is 51.1. The molecule has 0 saturated carbocycles. The lowest BCUT2D eigenvalue weighted by molar-refractivity contribution is -0.127. The number of ether oxygens (including phenoxy) is 1. The number of amides is 3. The molecule has 0 fully saturated rings. The van der Waals surface area contributed by atoms with Crippen LogP contribution in [0.25, 0.3) is 0 Å². The molecule has 9 nitrogen and oxygen atoms in total. The normalized spacial score (nSPS) is 10.3. The molecule has 0 aliphatic rings. The maximum atomic E-state index is 12.6. The second kappa shape index (κ2) is 11.3. The van der Waals surface area contributed by atoms with E-state index in [-0.39, 0.29) is 42.0 Å². The minimum atomic E-state index is -0.604. The van der Waals surface area contributed by atoms with Gasteiger partial charge in [-0.25, -0.2) is 4.79 Å². The molecule has 0 aliphatic heterocycles. The molecule has 3 amide bonds. The second-order valence-electron chi connectivity index (χ2n) is 7.08. The number of carbonyl (C=O) groups excluding carboxylic acids is 4. The van der Waals surface area contributed by atoms with E-state index >= 15 is 0 Å². The van der Waals surface area contributed by atoms with Gasteiger partial charge in [0.1, 0.15) is 5.00 Å². The molecule has 172 valence electrons. The Balaban J connectivity index is 2.18. The summed E-state index contributed by atoms with van der Waals surface area (Å²) < 4.78 is 5.09. The van der Waals surface area contributed by atoms with Gasteiger partial charge in [-0.2, -0.15) is 0 Å². The van der Waals surface area contributed by atoms with Crippen LogP contribution in [0.2, 0.25) is 0 Å². The van der Waals surface area contributed by atoms with Gasteiger partial charge in [0.05, 0.1) is 30.0 Å². The number of esters is 1. The minimum absolute atomic E-state index is 0.0569. The van der Waals surface area contributed by atoms with Crippen LogP contribution < -0.4 is 16.0 Å². The highest BCUT2D eigenvalue weighted by molar-refractivity contribution is 7.18. The van der Waals surface area contributed by atoms with Gasteiger partial charge in [0, 0.05) is 26.8 Å². The van der Waals surface area contributed by atoms with E-state index in [0.717, 1.165) is 16.9 Å². The van der Waals surface area contributed by atoms with Crippen LogP contribution in [-0.2, 0) is 20.7 Å². The van der Waals surface area contributed by atoms with Crippen molar-refractivity contribution < 1.29 is 23.9 Å². The molecule has 0 aliphatic carbocycles. The zero-order valence-electron chi connectivity index (χ0n) is 18.8. The average Bonchev–Trinajstić information content (AvgIpc) is 3.08. The van der Waals surface area contributed by atoms with E-state index < -0.39 is 11.9 Å². The highest BCUT2D eigenvalue weighted by Crippen LogP contribution is 2.33. The molecule has 0 bridgehead atoms. The van der Waals surface area contributed by atoms with Gasteiger partial charge < -0.3 is 25.6 Å². The third-order valence-corrected chi connectivity index (χ3v) is 5.82. The second-order valence-corrected chi connectivity index (χ2v) is 8.10. The summed E-state index contributed by atoms with van der Waals surface area (Å²) in [7, 11) is 4.86. The fraction of sp³-hybridized carbons (Fsp3) is 0.364. The number of hydrogen-bond donors (Lipinski definition) is 3. The maximum Gasteiger partial charge on any atom is 0.341 e. The molecule has 0 unspecified atom stereocenters. The summed E-state index contributed by atoms with van der Waals surface area (Å²) in [5.41, 5.74) is 2.04. The summed E-state index contributed by atoms with van der Waals surface area (Å²) in [5.74, 6) is -1.42. The third kappa shape index (κ3) is 6.07. The molecule has 1 heterocycles. The lowest BCUT2D eigenvalue weighted by Gasteiger charge is -2.14. The maximum absolute atomic E-state index is 12.6. The van der Waals surface area contributed by atoms with Gasteiger partial charge in [0.25, 0.3) is 5.91 Å². The summed E-state index contributed by atoms with van der Waals surface area (Å²) in [6.45, 7) is 3.39. The first-order chi connectivity index (χ1) is 15.2. The van der Waals surface area contributed by atoms with E-state index in [1.807, 2.05) is 12.1 Å². The Morgan fingerprint density at radius 1 is 1.12 bits per heavy atom. The molecule has 32 heavy (non-hydrogen) atoms. The average molecular weight is 461 g/mol. The Morgan fingerprint density at radius 3 is 2.44 bits per heavy atom. The van der Waals surface area contributed by atoms with Gasteiger partial charge in [0.15, 0.2) is 0 Å². The van der Waals surface area contributed by atoms with Gasteiger partial charge in [0.2, 0.25) is 11.8 Å². The van der Waals surface area contributed by atoms with Crippen LogP contribution in [0.5, 0.6) is 0 Å². The quantitative estimate of drug-likeness (QED) is 0.494. The van der Waals surface area contributed by atoms with Crippen molar-refractivity contribution in [1.29, 1.82) is 0 Å². The topological polar surface area (TPSA) is 117 Å². The molecule has 10 heteroatoms. The van der Waals surface area contributed by atoms with Gasteiger partial charge in [-0.1, -0.05) is 18.2 Å². The number of nitrogens with zero attached hydrogens (tertiary/aromatic N) is 1. The van der Waals surface area contributed by atoms with Gasteiger partial charge in [-0.15, -0.1) is 11.3 Å². The van der Waals surface area contributed by atoms with Crippen molar-refractivity contribution >= 4 is 45.7 Å². The number of para-hydroxylation sites is 1. The van der Waals surface area contributed by atoms with Crippen LogP contribution in [0.1, 0.15) is 38.1 Å². The Labute approximate surface area is 191 Å². The van der Waals surface area contributed by atoms with Crippen molar-refractivity contribution in [2.75, 3.05) is 44.9 Å². The number of nitrogens with one attached hydrogen (secondary N) is 3. The van der Waals surface area contributed by atoms with Crippen LogP contribution in [0.4, 0.5) is 10.7 Å². The predicted octanol–water partition coefficient (Wildman–Crippen LogP) is 2.27. The Bertz CT molecular complexity index is 1020. The van der Waals surface area contributed by atoms with E-state index in [1.54, 1.807) is 40.1 Å². The van der Waals surface area contributed by atoms with Crippen molar-refractivity contribution in [3.63, 3.8) is 0 Å². The zero-order valence-corrected chi connectivity index (χ0v) is 19.6. The summed E-state index contributed by atoms with van der Waals surface area (Å²) in [6.07, 6.45) is 0.199. The van der Waals surface area contributed by atoms with E-state index in [4.69, 9.17) is 4.74 Å². The first-order valence-electron chi connectivity index (χ1n) is 10.0. The highest BCUT2D eigenvalue weighted by Gasteiger charge is 2.26. The van der Waals surface area contributed by atoms with Gasteiger partial charge >= 0.3 is 5.97 Å². The standard InChI is InChI=1S/C22H28N4O5S/c1-6-31-22(30)18-13(2)19(20(29)23-3)32-21(18)25-16(27)12-24-15-10-8-7-9-14(15)11-17(28)26(4)5/h7-10,24H,6,11-12H2,1-5H3,(H,23,29)(H,25,27). The Kier molecular flexibility index (Phi) is 8.77. The number of anilines is 2. The Morgan fingerprint density at radius 2 is 1.81 bits per heavy atom. The van der Waals surface area contributed by atoms with E-state index in [0.29, 0.717) is 16.1 Å². The molecule has 2 aromatic rings. The van der Waals surface area contributed by atoms with E-state index in [2.05, 4.69) is 16.0 Å². The van der Waals surface area contributed by atoms with Crippen LogP contribution in [0.15, 0.2) is 24.3 Å². The Hall–Kier alpha value is -3.40. The predicted molar refractivity (Wildman–Crippen MR) is 124 cm³/mol. The van der Waals surface area contributed by atoms with Crippen molar-refractivity contribution in [2.24, 2.45) is 0 Å². The summed E-state index contributed by atoms with van der Waals surface area (Å²) >= 11 is 1.01. The van der Waals surface area contributed by atoms with Crippen molar-refractivity contribution in [3.05, 3.63) is 45.8 Å². The molecule has 1 aromatic carbocycles. The number of hydrogen-bond acceptors (Lipinski definition) is 7. The number of benzene rings is 1. The largest absolute Gasteiger partial charge is 0.462 e. The molecule has 2 rings (SSSR count). The fourth-order valence-corrected chi connectivity index (χ4v) is 4.05. The fourth-order valence-electron chi connectivity index (χ4n) is 2.89. The highest BCUT2D eigenvalue weighted by atomic mass is 32.1. The first kappa shape index (κ1) is 24.9. The lowest BCUT2D eigenvalue weighted by Crippen LogP contribution is -2.25. The summed E-state index contributed by atoms with van der Waals surface area (Å²) in [6, 6.07) is 7.23. The third-order valence-electron chi connectivity index (χ3n) is 4.61. The molecule has 1 aromatic heterocycles. The van der Waals surface area contributed by atoms with Crippen molar-refractivity contribution in [1.82, 2.24) is 10.2 Å². The number of thiophene rings is 1. The first-order valence-corrected chi connectivity index (χ1v) is 10.9. The minimum Gasteiger partial charge on any atom is -0.462 e. The van der Waals surface area contributed by atoms with Crippen LogP contribution in [-0.4, -0.2) is 62.9 Å². The molecule has 0 atom stereocenters. The molecular formula is C22H28N4O5S. The number of rotatable bonds is 9. The molecular weight excluding hydrogens is 432 g/mol. The monoisotopic (exact) mass is 460 g/mol. The SMILES string of the molecule is CCOC(=O)c1c(NC(=O)CNc2ccccc2CC(=O)N(C)C)sc(C(=O)NC)c1C. The molecule has 0 radical (unpaired) electrons. The van der Waals surface area contributed by atoms with E-state index in [9.17, 15) is 19.2 Å². The zero-order chi connectivity index (χ0) is 23.8. The van der Waals surface area contributed by atoms with Crippen LogP contribution in [0, 0.1) is 6.92 Å².